The normalized spacial score (nSPS) is 39.2. The predicted molar refractivity (Wildman–Crippen MR) is 65.3 cm³/mol. The lowest BCUT2D eigenvalue weighted by atomic mass is 9.45. The number of fused-ring (bicyclic) bond motifs is 2. The number of nitrogens with two attached hydrogens (primary N) is 1. The van der Waals surface area contributed by atoms with Crippen LogP contribution in [0.15, 0.2) is 0 Å². The van der Waals surface area contributed by atoms with E-state index < -0.39 is 0 Å². The number of esters is 1. The lowest BCUT2D eigenvalue weighted by Crippen LogP contribution is -2.62. The van der Waals surface area contributed by atoms with Crippen LogP contribution in [-0.4, -0.2) is 18.6 Å². The fraction of sp³-hybridized carbons (Fsp3) is 0.917. The summed E-state index contributed by atoms with van der Waals surface area (Å²) < 4.78 is 5.07. The molecule has 2 bridgehead atoms. The summed E-state index contributed by atoms with van der Waals surface area (Å²) in [5.41, 5.74) is 6.50. The molecule has 3 aliphatic carbocycles. The molecule has 3 fully saturated rings. The van der Waals surface area contributed by atoms with Crippen LogP contribution in [0.4, 0.5) is 0 Å². The van der Waals surface area contributed by atoms with E-state index >= 15 is 0 Å². The third-order valence-electron chi connectivity index (χ3n) is 4.60. The number of carbonyl (C=O) groups excluding carboxylic acids is 1. The summed E-state index contributed by atoms with van der Waals surface area (Å²) in [5.74, 6) is 1.03. The van der Waals surface area contributed by atoms with E-state index in [1.165, 1.54) is 6.42 Å². The highest BCUT2D eigenvalue weighted by Gasteiger charge is 2.58. The minimum absolute atomic E-state index is 0. The van der Waals surface area contributed by atoms with Crippen molar-refractivity contribution in [3.8, 4) is 0 Å². The summed E-state index contributed by atoms with van der Waals surface area (Å²) in [6.45, 7) is 6.85. The van der Waals surface area contributed by atoms with E-state index in [2.05, 4.69) is 13.8 Å². The molecule has 16 heavy (non-hydrogen) atoms. The van der Waals surface area contributed by atoms with Gasteiger partial charge in [0.1, 0.15) is 0 Å². The van der Waals surface area contributed by atoms with E-state index in [0.29, 0.717) is 23.9 Å². The van der Waals surface area contributed by atoms with Gasteiger partial charge in [-0.25, -0.2) is 0 Å². The summed E-state index contributed by atoms with van der Waals surface area (Å²) in [6, 6.07) is 0.00375. The molecule has 0 heterocycles. The molecule has 3 aliphatic rings. The zero-order valence-corrected chi connectivity index (χ0v) is 11.0. The van der Waals surface area contributed by atoms with Crippen molar-refractivity contribution < 1.29 is 9.53 Å². The van der Waals surface area contributed by atoms with Gasteiger partial charge in [0.05, 0.1) is 12.5 Å². The van der Waals surface area contributed by atoms with Crippen molar-refractivity contribution >= 4 is 18.4 Å². The maximum Gasteiger partial charge on any atom is 0.310 e. The summed E-state index contributed by atoms with van der Waals surface area (Å²) in [6.07, 6.45) is 2.12. The van der Waals surface area contributed by atoms with Gasteiger partial charge in [0, 0.05) is 6.04 Å². The van der Waals surface area contributed by atoms with Crippen molar-refractivity contribution in [2.24, 2.45) is 28.9 Å². The molecule has 0 saturated heterocycles. The number of hydrogen-bond acceptors (Lipinski definition) is 3. The largest absolute Gasteiger partial charge is 0.466 e. The topological polar surface area (TPSA) is 52.3 Å². The highest BCUT2D eigenvalue weighted by atomic mass is 35.5. The summed E-state index contributed by atoms with van der Waals surface area (Å²) in [5, 5.41) is 0. The van der Waals surface area contributed by atoms with Gasteiger partial charge in [-0.2, -0.15) is 0 Å². The molecule has 0 spiro atoms. The Labute approximate surface area is 104 Å². The highest BCUT2D eigenvalue weighted by Crippen LogP contribution is 2.60. The van der Waals surface area contributed by atoms with Crippen LogP contribution >= 0.6 is 12.4 Å². The van der Waals surface area contributed by atoms with Crippen molar-refractivity contribution in [3.63, 3.8) is 0 Å². The van der Waals surface area contributed by atoms with E-state index in [1.54, 1.807) is 0 Å². The number of halogens is 1. The molecule has 3 saturated carbocycles. The van der Waals surface area contributed by atoms with Crippen LogP contribution in [0.25, 0.3) is 0 Å². The molecule has 0 aromatic carbocycles. The maximum absolute atomic E-state index is 11.7. The van der Waals surface area contributed by atoms with Gasteiger partial charge in [-0.15, -0.1) is 12.4 Å². The number of rotatable bonds is 2. The van der Waals surface area contributed by atoms with Gasteiger partial charge in [0.15, 0.2) is 0 Å². The van der Waals surface area contributed by atoms with Crippen LogP contribution in [0.2, 0.25) is 0 Å². The van der Waals surface area contributed by atoms with Gasteiger partial charge < -0.3 is 10.5 Å². The minimum Gasteiger partial charge on any atom is -0.466 e. The molecule has 0 amide bonds. The Kier molecular flexibility index (Phi) is 3.91. The Morgan fingerprint density at radius 1 is 1.44 bits per heavy atom. The Morgan fingerprint density at radius 2 is 2.06 bits per heavy atom. The van der Waals surface area contributed by atoms with Gasteiger partial charge in [0.2, 0.25) is 0 Å². The molecule has 4 heteroatoms. The lowest BCUT2D eigenvalue weighted by Gasteiger charge is -2.61. The third-order valence-corrected chi connectivity index (χ3v) is 4.60. The van der Waals surface area contributed by atoms with E-state index in [4.69, 9.17) is 10.5 Å². The minimum atomic E-state index is -0.0878. The first kappa shape index (κ1) is 13.8. The summed E-state index contributed by atoms with van der Waals surface area (Å²) >= 11 is 0. The molecule has 0 aromatic heterocycles. The van der Waals surface area contributed by atoms with Gasteiger partial charge in [0.25, 0.3) is 0 Å². The SMILES string of the molecule is CCOC(=O)[C@@H]1C[C@@H]2C[C@H]([C@@H]1N)C2(C)C.Cl. The third kappa shape index (κ3) is 1.84. The standard InChI is InChI=1S/C12H21NO2.ClH/c1-4-15-11(14)8-5-7-6-9(10(8)13)12(7,2)3;/h7-10H,4-6,13H2,1-3H3;1H/t7-,8-,9-,10-;/m1./s1. The fourth-order valence-electron chi connectivity index (χ4n) is 3.36. The number of carbonyl (C=O) groups is 1. The van der Waals surface area contributed by atoms with Crippen molar-refractivity contribution in [3.05, 3.63) is 0 Å². The average molecular weight is 248 g/mol. The van der Waals surface area contributed by atoms with Crippen LogP contribution in [0, 0.1) is 23.2 Å². The molecule has 0 radical (unpaired) electrons. The van der Waals surface area contributed by atoms with Crippen LogP contribution < -0.4 is 5.73 Å². The molecule has 0 aromatic rings. The van der Waals surface area contributed by atoms with Gasteiger partial charge in [-0.05, 0) is 37.0 Å². The molecular formula is C12H22ClNO2. The molecule has 0 aliphatic heterocycles. The molecule has 0 unspecified atom stereocenters. The van der Waals surface area contributed by atoms with Crippen LogP contribution in [0.1, 0.15) is 33.6 Å². The number of hydrogen-bond donors (Lipinski definition) is 1. The second-order valence-corrected chi connectivity index (χ2v) is 5.53. The van der Waals surface area contributed by atoms with Crippen LogP contribution in [0.3, 0.4) is 0 Å². The highest BCUT2D eigenvalue weighted by molar-refractivity contribution is 5.85. The van der Waals surface area contributed by atoms with E-state index in [-0.39, 0.29) is 30.3 Å². The average Bonchev–Trinajstić information content (AvgIpc) is 2.17. The molecular weight excluding hydrogens is 226 g/mol. The van der Waals surface area contributed by atoms with E-state index in [9.17, 15) is 4.79 Å². The molecule has 3 rings (SSSR count). The summed E-state index contributed by atoms with van der Waals surface area (Å²) in [7, 11) is 0. The maximum atomic E-state index is 11.7. The quantitative estimate of drug-likeness (QED) is 0.760. The molecule has 2 N–H and O–H groups in total. The Hall–Kier alpha value is -0.280. The van der Waals surface area contributed by atoms with Crippen LogP contribution in [0.5, 0.6) is 0 Å². The zero-order valence-electron chi connectivity index (χ0n) is 10.2. The van der Waals surface area contributed by atoms with Crippen LogP contribution in [-0.2, 0) is 9.53 Å². The Bertz CT molecular complexity index is 280. The van der Waals surface area contributed by atoms with Crippen molar-refractivity contribution in [2.45, 2.75) is 39.7 Å². The monoisotopic (exact) mass is 247 g/mol. The first-order chi connectivity index (χ1) is 6.98. The molecule has 4 atom stereocenters. The first-order valence-corrected chi connectivity index (χ1v) is 5.90. The summed E-state index contributed by atoms with van der Waals surface area (Å²) in [4.78, 5) is 11.7. The lowest BCUT2D eigenvalue weighted by molar-refractivity contribution is -0.164. The second kappa shape index (κ2) is 4.53. The van der Waals surface area contributed by atoms with Gasteiger partial charge in [-0.3, -0.25) is 4.79 Å². The van der Waals surface area contributed by atoms with Crippen molar-refractivity contribution in [1.29, 1.82) is 0 Å². The number of ether oxygens (including phenoxy) is 1. The Morgan fingerprint density at radius 3 is 2.50 bits per heavy atom. The molecule has 3 nitrogen and oxygen atoms in total. The van der Waals surface area contributed by atoms with E-state index in [0.717, 1.165) is 6.42 Å². The van der Waals surface area contributed by atoms with Gasteiger partial charge in [-0.1, -0.05) is 13.8 Å². The van der Waals surface area contributed by atoms with E-state index in [1.807, 2.05) is 6.92 Å². The van der Waals surface area contributed by atoms with Crippen molar-refractivity contribution in [2.75, 3.05) is 6.61 Å². The van der Waals surface area contributed by atoms with Gasteiger partial charge >= 0.3 is 5.97 Å². The van der Waals surface area contributed by atoms with Crippen molar-refractivity contribution in [1.82, 2.24) is 0 Å². The zero-order chi connectivity index (χ0) is 11.2. The fourth-order valence-corrected chi connectivity index (χ4v) is 3.36. The first-order valence-electron chi connectivity index (χ1n) is 5.90. The smallest absolute Gasteiger partial charge is 0.310 e. The molecule has 94 valence electrons. The second-order valence-electron chi connectivity index (χ2n) is 5.53. The Balaban J connectivity index is 0.00000128. The predicted octanol–water partition coefficient (Wildman–Crippen LogP) is 1.98.